The van der Waals surface area contributed by atoms with Crippen LogP contribution in [0.25, 0.3) is 0 Å². The molecule has 5 heteroatoms. The molecule has 0 atom stereocenters. The Balaban J connectivity index is 1.56. The summed E-state index contributed by atoms with van der Waals surface area (Å²) in [5, 5.41) is 2.77. The second-order valence-corrected chi connectivity index (χ2v) is 5.99. The third-order valence-electron chi connectivity index (χ3n) is 3.98. The fourth-order valence-corrected chi connectivity index (χ4v) is 2.65. The van der Waals surface area contributed by atoms with Gasteiger partial charge in [-0.25, -0.2) is 0 Å². The molecular formula is C23H21NO4. The first-order valence-corrected chi connectivity index (χ1v) is 9.01. The van der Waals surface area contributed by atoms with Crippen molar-refractivity contribution in [3.8, 4) is 11.5 Å². The molecule has 0 aliphatic carbocycles. The molecule has 0 aliphatic heterocycles. The van der Waals surface area contributed by atoms with Gasteiger partial charge in [-0.3, -0.25) is 9.59 Å². The van der Waals surface area contributed by atoms with Gasteiger partial charge in [-0.2, -0.15) is 0 Å². The summed E-state index contributed by atoms with van der Waals surface area (Å²) in [6.07, 6.45) is 0. The van der Waals surface area contributed by atoms with Crippen LogP contribution in [0.1, 0.15) is 22.8 Å². The van der Waals surface area contributed by atoms with E-state index in [9.17, 15) is 9.59 Å². The lowest BCUT2D eigenvalue weighted by atomic mass is 10.0. The number of ketones is 1. The third kappa shape index (κ3) is 4.98. The summed E-state index contributed by atoms with van der Waals surface area (Å²) >= 11 is 0. The lowest BCUT2D eigenvalue weighted by Crippen LogP contribution is -2.20. The van der Waals surface area contributed by atoms with E-state index in [1.54, 1.807) is 48.5 Å². The number of benzene rings is 3. The Morgan fingerprint density at radius 1 is 0.786 bits per heavy atom. The van der Waals surface area contributed by atoms with Crippen molar-refractivity contribution in [3.05, 3.63) is 90.0 Å². The molecule has 0 saturated heterocycles. The number of ether oxygens (including phenoxy) is 2. The van der Waals surface area contributed by atoms with Gasteiger partial charge in [-0.15, -0.1) is 0 Å². The Morgan fingerprint density at radius 2 is 1.43 bits per heavy atom. The molecule has 0 radical (unpaired) electrons. The minimum Gasteiger partial charge on any atom is -0.492 e. The summed E-state index contributed by atoms with van der Waals surface area (Å²) in [6.45, 7) is 2.25. The molecule has 0 heterocycles. The van der Waals surface area contributed by atoms with Crippen molar-refractivity contribution in [1.82, 2.24) is 0 Å². The van der Waals surface area contributed by atoms with Gasteiger partial charge in [0.25, 0.3) is 5.91 Å². The summed E-state index contributed by atoms with van der Waals surface area (Å²) < 4.78 is 11.0. The van der Waals surface area contributed by atoms with Gasteiger partial charge in [-0.05, 0) is 43.3 Å². The van der Waals surface area contributed by atoms with Crippen molar-refractivity contribution in [2.45, 2.75) is 6.92 Å². The molecule has 5 nitrogen and oxygen atoms in total. The molecule has 1 N–H and O–H groups in total. The maximum Gasteiger partial charge on any atom is 0.262 e. The summed E-state index contributed by atoms with van der Waals surface area (Å²) in [7, 11) is 0. The Labute approximate surface area is 163 Å². The first-order chi connectivity index (χ1) is 13.7. The highest BCUT2D eigenvalue weighted by atomic mass is 16.5. The zero-order valence-corrected chi connectivity index (χ0v) is 15.6. The fraction of sp³-hybridized carbons (Fsp3) is 0.130. The summed E-state index contributed by atoms with van der Waals surface area (Å²) in [5.74, 6) is 0.772. The van der Waals surface area contributed by atoms with Gasteiger partial charge in [0, 0.05) is 11.1 Å². The molecule has 0 aliphatic rings. The van der Waals surface area contributed by atoms with Crippen LogP contribution in [0.15, 0.2) is 78.9 Å². The van der Waals surface area contributed by atoms with Crippen LogP contribution in [0.2, 0.25) is 0 Å². The van der Waals surface area contributed by atoms with Crippen molar-refractivity contribution in [1.29, 1.82) is 0 Å². The number of para-hydroxylation sites is 2. The number of nitrogens with one attached hydrogen (secondary N) is 1. The number of amides is 1. The van der Waals surface area contributed by atoms with Crippen molar-refractivity contribution in [3.63, 3.8) is 0 Å². The van der Waals surface area contributed by atoms with Crippen LogP contribution in [0.5, 0.6) is 11.5 Å². The third-order valence-corrected chi connectivity index (χ3v) is 3.98. The van der Waals surface area contributed by atoms with Gasteiger partial charge >= 0.3 is 0 Å². The Hall–Kier alpha value is -3.60. The van der Waals surface area contributed by atoms with Crippen LogP contribution in [0, 0.1) is 0 Å². The second kappa shape index (κ2) is 9.37. The molecular weight excluding hydrogens is 354 g/mol. The molecule has 3 aromatic carbocycles. The van der Waals surface area contributed by atoms with Crippen molar-refractivity contribution < 1.29 is 19.1 Å². The maximum absolute atomic E-state index is 12.4. The van der Waals surface area contributed by atoms with Crippen LogP contribution in [0.3, 0.4) is 0 Å². The van der Waals surface area contributed by atoms with E-state index in [4.69, 9.17) is 9.47 Å². The molecule has 3 aromatic rings. The van der Waals surface area contributed by atoms with Crippen LogP contribution < -0.4 is 14.8 Å². The number of anilines is 1. The normalized spacial score (nSPS) is 10.2. The van der Waals surface area contributed by atoms with E-state index in [1.165, 1.54) is 0 Å². The van der Waals surface area contributed by atoms with E-state index in [0.717, 1.165) is 0 Å². The standard InChI is InChI=1S/C23H21NO4/c1-2-27-21-11-7-6-10-20(21)24-22(25)16-28-19-14-12-18(13-15-19)23(26)17-8-4-3-5-9-17/h3-15H,2,16H2,1H3,(H,24,25). The summed E-state index contributed by atoms with van der Waals surface area (Å²) in [4.78, 5) is 24.6. The SMILES string of the molecule is CCOc1ccccc1NC(=O)COc1ccc(C(=O)c2ccccc2)cc1. The van der Waals surface area contributed by atoms with Gasteiger partial charge in [0.1, 0.15) is 11.5 Å². The minimum absolute atomic E-state index is 0.0579. The predicted molar refractivity (Wildman–Crippen MR) is 108 cm³/mol. The zero-order valence-electron chi connectivity index (χ0n) is 15.6. The highest BCUT2D eigenvalue weighted by molar-refractivity contribution is 6.09. The van der Waals surface area contributed by atoms with Gasteiger partial charge in [0.2, 0.25) is 0 Å². The fourth-order valence-electron chi connectivity index (χ4n) is 2.65. The van der Waals surface area contributed by atoms with Crippen LogP contribution in [-0.4, -0.2) is 24.9 Å². The van der Waals surface area contributed by atoms with Gasteiger partial charge in [-0.1, -0.05) is 42.5 Å². The number of carbonyl (C=O) groups is 2. The molecule has 1 amide bonds. The monoisotopic (exact) mass is 375 g/mol. The number of hydrogen-bond acceptors (Lipinski definition) is 4. The smallest absolute Gasteiger partial charge is 0.262 e. The first-order valence-electron chi connectivity index (χ1n) is 9.01. The molecule has 0 fully saturated rings. The molecule has 28 heavy (non-hydrogen) atoms. The summed E-state index contributed by atoms with van der Waals surface area (Å²) in [6, 6.07) is 23.0. The molecule has 0 spiro atoms. The van der Waals surface area contributed by atoms with Crippen molar-refractivity contribution in [2.24, 2.45) is 0 Å². The van der Waals surface area contributed by atoms with Crippen LogP contribution in [0.4, 0.5) is 5.69 Å². The van der Waals surface area contributed by atoms with Gasteiger partial charge in [0.05, 0.1) is 12.3 Å². The molecule has 0 unspecified atom stereocenters. The first kappa shape index (κ1) is 19.2. The molecule has 0 bridgehead atoms. The Morgan fingerprint density at radius 3 is 2.14 bits per heavy atom. The van der Waals surface area contributed by atoms with E-state index in [-0.39, 0.29) is 18.3 Å². The second-order valence-electron chi connectivity index (χ2n) is 5.99. The topological polar surface area (TPSA) is 64.6 Å². The Kier molecular flexibility index (Phi) is 6.41. The van der Waals surface area contributed by atoms with Crippen molar-refractivity contribution >= 4 is 17.4 Å². The average Bonchev–Trinajstić information content (AvgIpc) is 2.74. The van der Waals surface area contributed by atoms with E-state index in [0.29, 0.717) is 34.9 Å². The predicted octanol–water partition coefficient (Wildman–Crippen LogP) is 4.33. The van der Waals surface area contributed by atoms with Crippen LogP contribution >= 0.6 is 0 Å². The molecule has 142 valence electrons. The minimum atomic E-state index is -0.295. The van der Waals surface area contributed by atoms with E-state index in [1.807, 2.05) is 37.3 Å². The summed E-state index contributed by atoms with van der Waals surface area (Å²) in [5.41, 5.74) is 1.79. The van der Waals surface area contributed by atoms with Gasteiger partial charge < -0.3 is 14.8 Å². The van der Waals surface area contributed by atoms with Crippen molar-refractivity contribution in [2.75, 3.05) is 18.5 Å². The molecule has 0 aromatic heterocycles. The molecule has 3 rings (SSSR count). The van der Waals surface area contributed by atoms with E-state index >= 15 is 0 Å². The number of hydrogen-bond donors (Lipinski definition) is 1. The maximum atomic E-state index is 12.4. The average molecular weight is 375 g/mol. The molecule has 0 saturated carbocycles. The van der Waals surface area contributed by atoms with Crippen LogP contribution in [-0.2, 0) is 4.79 Å². The Bertz CT molecular complexity index is 936. The number of carbonyl (C=O) groups excluding carboxylic acids is 2. The lowest BCUT2D eigenvalue weighted by molar-refractivity contribution is -0.118. The number of rotatable bonds is 8. The quantitative estimate of drug-likeness (QED) is 0.595. The van der Waals surface area contributed by atoms with E-state index in [2.05, 4.69) is 5.32 Å². The van der Waals surface area contributed by atoms with Gasteiger partial charge in [0.15, 0.2) is 12.4 Å². The largest absolute Gasteiger partial charge is 0.492 e. The zero-order chi connectivity index (χ0) is 19.8. The lowest BCUT2D eigenvalue weighted by Gasteiger charge is -2.12. The highest BCUT2D eigenvalue weighted by Gasteiger charge is 2.10. The van der Waals surface area contributed by atoms with E-state index < -0.39 is 0 Å². The highest BCUT2D eigenvalue weighted by Crippen LogP contribution is 2.23.